The van der Waals surface area contributed by atoms with Crippen molar-refractivity contribution in [2.24, 2.45) is 17.1 Å². The summed E-state index contributed by atoms with van der Waals surface area (Å²) in [7, 11) is 1.59. The molecule has 1 saturated carbocycles. The van der Waals surface area contributed by atoms with Crippen LogP contribution in [0.4, 0.5) is 0 Å². The molecule has 6 nitrogen and oxygen atoms in total. The number of ether oxygens (including phenoxy) is 1. The van der Waals surface area contributed by atoms with Crippen molar-refractivity contribution in [1.82, 2.24) is 10.6 Å². The Hall–Kier alpha value is -1.14. The van der Waals surface area contributed by atoms with Crippen LogP contribution in [0.3, 0.4) is 0 Å². The molecule has 1 aliphatic rings. The predicted molar refractivity (Wildman–Crippen MR) is 81.6 cm³/mol. The molecule has 4 N–H and O–H groups in total. The third kappa shape index (κ3) is 5.63. The third-order valence-corrected chi connectivity index (χ3v) is 4.37. The third-order valence-electron chi connectivity index (χ3n) is 4.37. The number of hydrogen-bond donors (Lipinski definition) is 3. The van der Waals surface area contributed by atoms with E-state index in [1.54, 1.807) is 7.11 Å². The maximum Gasteiger partial charge on any atom is 0.227 e. The Morgan fingerprint density at radius 1 is 1.24 bits per heavy atom. The fourth-order valence-electron chi connectivity index (χ4n) is 2.70. The second kappa shape index (κ2) is 9.00. The van der Waals surface area contributed by atoms with Crippen molar-refractivity contribution >= 4 is 11.8 Å². The first kappa shape index (κ1) is 17.9. The number of nitrogens with two attached hydrogens (primary N) is 1. The van der Waals surface area contributed by atoms with E-state index in [0.717, 1.165) is 25.7 Å². The summed E-state index contributed by atoms with van der Waals surface area (Å²) in [6, 6.07) is 0. The second-order valence-electron chi connectivity index (χ2n) is 6.02. The molecule has 1 aliphatic carbocycles. The summed E-state index contributed by atoms with van der Waals surface area (Å²) in [6.07, 6.45) is 4.06. The zero-order valence-corrected chi connectivity index (χ0v) is 13.2. The van der Waals surface area contributed by atoms with E-state index < -0.39 is 5.41 Å². The Morgan fingerprint density at radius 2 is 1.90 bits per heavy atom. The van der Waals surface area contributed by atoms with Gasteiger partial charge in [0.1, 0.15) is 0 Å². The lowest BCUT2D eigenvalue weighted by molar-refractivity contribution is -0.133. The smallest absolute Gasteiger partial charge is 0.227 e. The Morgan fingerprint density at radius 3 is 2.48 bits per heavy atom. The molecular formula is C15H29N3O3. The van der Waals surface area contributed by atoms with Crippen molar-refractivity contribution in [3.8, 4) is 0 Å². The van der Waals surface area contributed by atoms with Gasteiger partial charge in [0, 0.05) is 33.2 Å². The lowest BCUT2D eigenvalue weighted by Crippen LogP contribution is -2.48. The molecule has 0 aromatic carbocycles. The summed E-state index contributed by atoms with van der Waals surface area (Å²) in [6.45, 7) is 3.93. The minimum absolute atomic E-state index is 0.00147. The first-order valence-corrected chi connectivity index (χ1v) is 7.78. The van der Waals surface area contributed by atoms with Gasteiger partial charge in [0.25, 0.3) is 0 Å². The number of carbonyl (C=O) groups excluding carboxylic acids is 2. The molecule has 0 aromatic rings. The molecule has 0 saturated heterocycles. The van der Waals surface area contributed by atoms with Crippen molar-refractivity contribution in [2.75, 3.05) is 33.4 Å². The Balaban J connectivity index is 2.30. The molecule has 122 valence electrons. The summed E-state index contributed by atoms with van der Waals surface area (Å²) in [5.74, 6) is 0.594. The maximum absolute atomic E-state index is 12.4. The standard InChI is InChI=1S/C15H29N3O3/c1-12-3-6-15(11-16,7-4-12)14(20)18-8-5-13(19)17-9-10-21-2/h12H,3-11,16H2,1-2H3,(H,17,19)(H,18,20). The van der Waals surface area contributed by atoms with Gasteiger partial charge in [0.15, 0.2) is 0 Å². The molecule has 6 heteroatoms. The van der Waals surface area contributed by atoms with Crippen molar-refractivity contribution in [3.63, 3.8) is 0 Å². The fraction of sp³-hybridized carbons (Fsp3) is 0.867. The zero-order chi connectivity index (χ0) is 15.7. The molecule has 0 spiro atoms. The lowest BCUT2D eigenvalue weighted by Gasteiger charge is -2.37. The molecule has 0 aliphatic heterocycles. The predicted octanol–water partition coefficient (Wildman–Crippen LogP) is 0.411. The molecule has 0 heterocycles. The average molecular weight is 299 g/mol. The van der Waals surface area contributed by atoms with Gasteiger partial charge in [0.2, 0.25) is 11.8 Å². The van der Waals surface area contributed by atoms with Crippen LogP contribution in [0.1, 0.15) is 39.0 Å². The highest BCUT2D eigenvalue weighted by atomic mass is 16.5. The normalized spacial score (nSPS) is 25.4. The van der Waals surface area contributed by atoms with Gasteiger partial charge in [-0.1, -0.05) is 6.92 Å². The summed E-state index contributed by atoms with van der Waals surface area (Å²) >= 11 is 0. The van der Waals surface area contributed by atoms with Crippen LogP contribution in [-0.2, 0) is 14.3 Å². The van der Waals surface area contributed by atoms with Gasteiger partial charge < -0.3 is 21.1 Å². The molecule has 1 rings (SSSR count). The van der Waals surface area contributed by atoms with Crippen molar-refractivity contribution < 1.29 is 14.3 Å². The van der Waals surface area contributed by atoms with Gasteiger partial charge in [0.05, 0.1) is 12.0 Å². The molecule has 0 radical (unpaired) electrons. The van der Waals surface area contributed by atoms with E-state index in [2.05, 4.69) is 17.6 Å². The summed E-state index contributed by atoms with van der Waals surface area (Å²) < 4.78 is 4.85. The molecule has 0 bridgehead atoms. The van der Waals surface area contributed by atoms with Crippen LogP contribution in [0, 0.1) is 11.3 Å². The van der Waals surface area contributed by atoms with Crippen LogP contribution in [0.2, 0.25) is 0 Å². The number of carbonyl (C=O) groups is 2. The first-order valence-electron chi connectivity index (χ1n) is 7.78. The molecule has 0 atom stereocenters. The Kier molecular flexibility index (Phi) is 7.67. The average Bonchev–Trinajstić information content (AvgIpc) is 2.48. The van der Waals surface area contributed by atoms with E-state index in [0.29, 0.717) is 32.2 Å². The van der Waals surface area contributed by atoms with Crippen molar-refractivity contribution in [2.45, 2.75) is 39.0 Å². The minimum Gasteiger partial charge on any atom is -0.383 e. The topological polar surface area (TPSA) is 93.5 Å². The van der Waals surface area contributed by atoms with Crippen LogP contribution >= 0.6 is 0 Å². The molecule has 0 aromatic heterocycles. The van der Waals surface area contributed by atoms with Crippen molar-refractivity contribution in [1.29, 1.82) is 0 Å². The molecule has 21 heavy (non-hydrogen) atoms. The number of methoxy groups -OCH3 is 1. The molecule has 1 fully saturated rings. The summed E-state index contributed by atoms with van der Waals surface area (Å²) in [4.78, 5) is 23.9. The van der Waals surface area contributed by atoms with E-state index in [1.165, 1.54) is 0 Å². The van der Waals surface area contributed by atoms with Gasteiger partial charge in [-0.25, -0.2) is 0 Å². The van der Waals surface area contributed by atoms with Gasteiger partial charge in [-0.05, 0) is 31.6 Å². The highest BCUT2D eigenvalue weighted by Crippen LogP contribution is 2.38. The van der Waals surface area contributed by atoms with Gasteiger partial charge in [-0.15, -0.1) is 0 Å². The monoisotopic (exact) mass is 299 g/mol. The van der Waals surface area contributed by atoms with Crippen LogP contribution < -0.4 is 16.4 Å². The van der Waals surface area contributed by atoms with Crippen LogP contribution in [0.25, 0.3) is 0 Å². The zero-order valence-electron chi connectivity index (χ0n) is 13.2. The van der Waals surface area contributed by atoms with Crippen LogP contribution in [-0.4, -0.2) is 45.2 Å². The SMILES string of the molecule is COCCNC(=O)CCNC(=O)C1(CN)CCC(C)CC1. The lowest BCUT2D eigenvalue weighted by atomic mass is 9.70. The number of rotatable bonds is 8. The number of nitrogens with one attached hydrogen (secondary N) is 2. The van der Waals surface area contributed by atoms with Crippen molar-refractivity contribution in [3.05, 3.63) is 0 Å². The fourth-order valence-corrected chi connectivity index (χ4v) is 2.70. The largest absolute Gasteiger partial charge is 0.383 e. The van der Waals surface area contributed by atoms with Crippen LogP contribution in [0.15, 0.2) is 0 Å². The summed E-state index contributed by atoms with van der Waals surface area (Å²) in [5, 5.41) is 5.60. The van der Waals surface area contributed by atoms with E-state index in [1.807, 2.05) is 0 Å². The van der Waals surface area contributed by atoms with E-state index >= 15 is 0 Å². The molecule has 2 amide bonds. The Labute approximate surface area is 127 Å². The van der Waals surface area contributed by atoms with Gasteiger partial charge in [-0.3, -0.25) is 9.59 Å². The first-order chi connectivity index (χ1) is 10.0. The van der Waals surface area contributed by atoms with E-state index in [-0.39, 0.29) is 18.2 Å². The Bertz CT molecular complexity index is 339. The highest BCUT2D eigenvalue weighted by Gasteiger charge is 2.39. The quantitative estimate of drug-likeness (QED) is 0.566. The van der Waals surface area contributed by atoms with Gasteiger partial charge in [-0.2, -0.15) is 0 Å². The summed E-state index contributed by atoms with van der Waals surface area (Å²) in [5.41, 5.74) is 5.41. The number of amides is 2. The minimum atomic E-state index is -0.432. The van der Waals surface area contributed by atoms with E-state index in [9.17, 15) is 9.59 Å². The van der Waals surface area contributed by atoms with Gasteiger partial charge >= 0.3 is 0 Å². The molecule has 0 unspecified atom stereocenters. The second-order valence-corrected chi connectivity index (χ2v) is 6.02. The maximum atomic E-state index is 12.4. The van der Waals surface area contributed by atoms with E-state index in [4.69, 9.17) is 10.5 Å². The number of hydrogen-bond acceptors (Lipinski definition) is 4. The molecular weight excluding hydrogens is 270 g/mol. The highest BCUT2D eigenvalue weighted by molar-refractivity contribution is 5.84. The van der Waals surface area contributed by atoms with Crippen LogP contribution in [0.5, 0.6) is 0 Å².